The van der Waals surface area contributed by atoms with Crippen molar-refractivity contribution in [3.63, 3.8) is 0 Å². The van der Waals surface area contributed by atoms with Gasteiger partial charge in [-0.2, -0.15) is 5.10 Å². The highest BCUT2D eigenvalue weighted by Gasteiger charge is 2.47. The van der Waals surface area contributed by atoms with Crippen molar-refractivity contribution in [3.05, 3.63) is 65.7 Å². The van der Waals surface area contributed by atoms with Gasteiger partial charge in [0, 0.05) is 49.5 Å². The summed E-state index contributed by atoms with van der Waals surface area (Å²) < 4.78 is 19.9. The summed E-state index contributed by atoms with van der Waals surface area (Å²) in [4.78, 5) is 16.3. The Labute approximate surface area is 196 Å². The number of fused-ring (bicyclic) bond motifs is 6. The minimum Gasteiger partial charge on any atom is -0.493 e. The summed E-state index contributed by atoms with van der Waals surface area (Å²) >= 11 is 0. The van der Waals surface area contributed by atoms with Gasteiger partial charge in [-0.15, -0.1) is 0 Å². The van der Waals surface area contributed by atoms with Crippen LogP contribution < -0.4 is 9.64 Å². The highest BCUT2D eigenvalue weighted by atomic mass is 16.5. The normalized spacial score (nSPS) is 21.8. The molecule has 0 saturated carbocycles. The van der Waals surface area contributed by atoms with E-state index in [0.29, 0.717) is 32.8 Å². The van der Waals surface area contributed by atoms with Crippen molar-refractivity contribution in [2.24, 2.45) is 0 Å². The standard InChI is InChI=1S/C25H24N6O3/c1-2-4-21-18(3-1)25(8-12-33-21)23-20(7-11-34-25)28-22-6-5-19(29-31(22)23)17-15-26-24(27-16-17)30-9-13-32-14-10-30/h1-6,15-16H,7-14H2. The number of imidazole rings is 1. The lowest BCUT2D eigenvalue weighted by atomic mass is 9.82. The third-order valence-electron chi connectivity index (χ3n) is 6.88. The molecule has 1 atom stereocenters. The Bertz CT molecular complexity index is 1360. The highest BCUT2D eigenvalue weighted by molar-refractivity contribution is 5.60. The lowest BCUT2D eigenvalue weighted by molar-refractivity contribution is -0.0575. The number of morpholine rings is 1. The average Bonchev–Trinajstić information content (AvgIpc) is 3.29. The first-order valence-electron chi connectivity index (χ1n) is 11.7. The van der Waals surface area contributed by atoms with Crippen LogP contribution in [0.15, 0.2) is 48.8 Å². The number of hydrogen-bond acceptors (Lipinski definition) is 8. The van der Waals surface area contributed by atoms with Crippen molar-refractivity contribution in [2.45, 2.75) is 18.4 Å². The van der Waals surface area contributed by atoms with Crippen molar-refractivity contribution in [1.29, 1.82) is 0 Å². The largest absolute Gasteiger partial charge is 0.493 e. The first-order chi connectivity index (χ1) is 16.8. The topological polar surface area (TPSA) is 86.9 Å². The second kappa shape index (κ2) is 7.75. The van der Waals surface area contributed by atoms with Gasteiger partial charge in [0.15, 0.2) is 5.65 Å². The number of aromatic nitrogens is 5. The van der Waals surface area contributed by atoms with E-state index in [2.05, 4.69) is 20.9 Å². The predicted molar refractivity (Wildman–Crippen MR) is 124 cm³/mol. The monoisotopic (exact) mass is 456 g/mol. The number of para-hydroxylation sites is 1. The minimum absolute atomic E-state index is 0.584. The lowest BCUT2D eigenvalue weighted by Crippen LogP contribution is -2.42. The van der Waals surface area contributed by atoms with Crippen LogP contribution in [0.25, 0.3) is 16.9 Å². The van der Waals surface area contributed by atoms with Crippen molar-refractivity contribution >= 4 is 11.6 Å². The van der Waals surface area contributed by atoms with Crippen molar-refractivity contribution in [1.82, 2.24) is 24.6 Å². The molecule has 3 aromatic heterocycles. The van der Waals surface area contributed by atoms with Crippen LogP contribution in [-0.4, -0.2) is 64.1 Å². The van der Waals surface area contributed by atoms with E-state index in [9.17, 15) is 0 Å². The molecule has 7 rings (SSSR count). The first-order valence-corrected chi connectivity index (χ1v) is 11.7. The zero-order valence-electron chi connectivity index (χ0n) is 18.7. The van der Waals surface area contributed by atoms with E-state index in [1.807, 2.05) is 47.2 Å². The molecular weight excluding hydrogens is 432 g/mol. The van der Waals surface area contributed by atoms with E-state index in [-0.39, 0.29) is 0 Å². The Morgan fingerprint density at radius 2 is 1.76 bits per heavy atom. The Morgan fingerprint density at radius 1 is 0.912 bits per heavy atom. The van der Waals surface area contributed by atoms with Gasteiger partial charge in [0.1, 0.15) is 17.0 Å². The maximum atomic E-state index is 6.53. The molecule has 0 N–H and O–H groups in total. The fraction of sp³-hybridized carbons (Fsp3) is 0.360. The smallest absolute Gasteiger partial charge is 0.225 e. The summed E-state index contributed by atoms with van der Waals surface area (Å²) in [6.07, 6.45) is 5.15. The molecule has 0 amide bonds. The van der Waals surface area contributed by atoms with Gasteiger partial charge in [-0.05, 0) is 18.2 Å². The number of anilines is 1. The van der Waals surface area contributed by atoms with Gasteiger partial charge in [-0.3, -0.25) is 0 Å². The summed E-state index contributed by atoms with van der Waals surface area (Å²) in [5, 5.41) is 5.00. The van der Waals surface area contributed by atoms with E-state index in [1.165, 1.54) is 0 Å². The van der Waals surface area contributed by atoms with Gasteiger partial charge in [0.25, 0.3) is 0 Å². The SMILES string of the molecule is c1ccc2c(c1)OCCC21OCCc2nc3ccc(-c4cnc(N5CCOCC5)nc4)nn3c21. The van der Waals surface area contributed by atoms with Gasteiger partial charge in [0.05, 0.1) is 37.8 Å². The maximum Gasteiger partial charge on any atom is 0.225 e. The third-order valence-corrected chi connectivity index (χ3v) is 6.88. The molecule has 9 nitrogen and oxygen atoms in total. The summed E-state index contributed by atoms with van der Waals surface area (Å²) in [5.74, 6) is 1.58. The molecule has 1 fully saturated rings. The fourth-order valence-electron chi connectivity index (χ4n) is 5.24. The molecule has 34 heavy (non-hydrogen) atoms. The molecule has 0 bridgehead atoms. The van der Waals surface area contributed by atoms with Crippen LogP contribution in [0.5, 0.6) is 5.75 Å². The van der Waals surface area contributed by atoms with Crippen molar-refractivity contribution in [3.8, 4) is 17.0 Å². The summed E-state index contributed by atoms with van der Waals surface area (Å²) in [7, 11) is 0. The van der Waals surface area contributed by atoms with Gasteiger partial charge in [-0.1, -0.05) is 18.2 Å². The van der Waals surface area contributed by atoms with Crippen LogP contribution in [0.1, 0.15) is 23.4 Å². The van der Waals surface area contributed by atoms with E-state index in [1.54, 1.807) is 0 Å². The van der Waals surface area contributed by atoms with Crippen LogP contribution in [0.2, 0.25) is 0 Å². The Morgan fingerprint density at radius 3 is 2.65 bits per heavy atom. The summed E-state index contributed by atoms with van der Waals surface area (Å²) in [5.41, 5.74) is 4.91. The summed E-state index contributed by atoms with van der Waals surface area (Å²) in [6.45, 7) is 4.21. The predicted octanol–water partition coefficient (Wildman–Crippen LogP) is 2.62. The zero-order valence-corrected chi connectivity index (χ0v) is 18.7. The van der Waals surface area contributed by atoms with Crippen molar-refractivity contribution < 1.29 is 14.2 Å². The number of rotatable bonds is 2. The molecule has 3 aliphatic rings. The van der Waals surface area contributed by atoms with Crippen LogP contribution in [0.4, 0.5) is 5.95 Å². The van der Waals surface area contributed by atoms with E-state index in [0.717, 1.165) is 65.1 Å². The third kappa shape index (κ3) is 3.00. The van der Waals surface area contributed by atoms with Gasteiger partial charge >= 0.3 is 0 Å². The van der Waals surface area contributed by atoms with Gasteiger partial charge in [0.2, 0.25) is 5.95 Å². The molecule has 4 aromatic rings. The second-order valence-corrected chi connectivity index (χ2v) is 8.79. The van der Waals surface area contributed by atoms with E-state index < -0.39 is 5.60 Å². The van der Waals surface area contributed by atoms with Crippen LogP contribution >= 0.6 is 0 Å². The molecule has 0 aliphatic carbocycles. The second-order valence-electron chi connectivity index (χ2n) is 8.79. The Hall–Kier alpha value is -3.56. The molecule has 3 aliphatic heterocycles. The number of hydrogen-bond donors (Lipinski definition) is 0. The Balaban J connectivity index is 1.33. The molecule has 1 unspecified atom stereocenters. The number of nitrogens with zero attached hydrogens (tertiary/aromatic N) is 6. The average molecular weight is 457 g/mol. The maximum absolute atomic E-state index is 6.53. The number of ether oxygens (including phenoxy) is 3. The highest BCUT2D eigenvalue weighted by Crippen LogP contribution is 2.47. The first kappa shape index (κ1) is 19.9. The fourth-order valence-corrected chi connectivity index (χ4v) is 5.24. The quantitative estimate of drug-likeness (QED) is 0.455. The zero-order chi connectivity index (χ0) is 22.5. The Kier molecular flexibility index (Phi) is 4.53. The molecule has 9 heteroatoms. The molecular formula is C25H24N6O3. The molecule has 172 valence electrons. The summed E-state index contributed by atoms with van der Waals surface area (Å²) in [6, 6.07) is 12.1. The van der Waals surface area contributed by atoms with E-state index >= 15 is 0 Å². The van der Waals surface area contributed by atoms with Crippen LogP contribution in [-0.2, 0) is 21.5 Å². The van der Waals surface area contributed by atoms with Gasteiger partial charge in [-0.25, -0.2) is 19.5 Å². The molecule has 1 saturated heterocycles. The van der Waals surface area contributed by atoms with E-state index in [4.69, 9.17) is 24.3 Å². The van der Waals surface area contributed by atoms with Crippen LogP contribution in [0, 0.1) is 0 Å². The van der Waals surface area contributed by atoms with Crippen LogP contribution in [0.3, 0.4) is 0 Å². The molecule has 0 radical (unpaired) electrons. The number of benzene rings is 1. The lowest BCUT2D eigenvalue weighted by Gasteiger charge is -2.40. The van der Waals surface area contributed by atoms with Gasteiger partial charge < -0.3 is 19.1 Å². The minimum atomic E-state index is -0.621. The van der Waals surface area contributed by atoms with Crippen molar-refractivity contribution in [2.75, 3.05) is 44.4 Å². The molecule has 6 heterocycles. The molecule has 1 spiro atoms. The molecule has 1 aromatic carbocycles.